The van der Waals surface area contributed by atoms with E-state index >= 15 is 0 Å². The average molecular weight is 282 g/mol. The first-order valence-electron chi connectivity index (χ1n) is 6.52. The lowest BCUT2D eigenvalue weighted by Crippen LogP contribution is -2.17. The van der Waals surface area contributed by atoms with Gasteiger partial charge in [-0.1, -0.05) is 18.2 Å². The summed E-state index contributed by atoms with van der Waals surface area (Å²) in [4.78, 5) is 17.4. The van der Waals surface area contributed by atoms with Gasteiger partial charge in [0.25, 0.3) is 0 Å². The molecule has 0 unspecified atom stereocenters. The van der Waals surface area contributed by atoms with E-state index in [1.807, 2.05) is 48.3 Å². The minimum Gasteiger partial charge on any atom is -0.477 e. The fourth-order valence-electron chi connectivity index (χ4n) is 2.30. The van der Waals surface area contributed by atoms with Crippen molar-refractivity contribution >= 4 is 22.6 Å². The molecule has 2 aromatic heterocycles. The van der Waals surface area contributed by atoms with Gasteiger partial charge < -0.3 is 14.4 Å². The summed E-state index contributed by atoms with van der Waals surface area (Å²) in [6.07, 6.45) is 1.62. The molecular formula is C16H14N2O3. The number of carbonyl (C=O) groups is 1. The van der Waals surface area contributed by atoms with E-state index in [1.165, 1.54) is 0 Å². The first-order valence-corrected chi connectivity index (χ1v) is 6.52. The van der Waals surface area contributed by atoms with Gasteiger partial charge in [0.05, 0.1) is 18.3 Å². The monoisotopic (exact) mass is 282 g/mol. The molecule has 21 heavy (non-hydrogen) atoms. The number of rotatable bonds is 4. The van der Waals surface area contributed by atoms with Crippen molar-refractivity contribution < 1.29 is 14.3 Å². The third kappa shape index (κ3) is 2.58. The maximum Gasteiger partial charge on any atom is 0.354 e. The SMILES string of the molecule is CN(Cc1ccco1)c1cc(C(=O)O)nc2ccccc12. The van der Waals surface area contributed by atoms with Crippen LogP contribution in [0.2, 0.25) is 0 Å². The second-order valence-electron chi connectivity index (χ2n) is 4.78. The van der Waals surface area contributed by atoms with Gasteiger partial charge in [-0.15, -0.1) is 0 Å². The largest absolute Gasteiger partial charge is 0.477 e. The Morgan fingerprint density at radius 1 is 1.29 bits per heavy atom. The summed E-state index contributed by atoms with van der Waals surface area (Å²) in [5.41, 5.74) is 1.52. The summed E-state index contributed by atoms with van der Waals surface area (Å²) < 4.78 is 5.34. The number of furan rings is 1. The molecule has 0 radical (unpaired) electrons. The Morgan fingerprint density at radius 3 is 2.81 bits per heavy atom. The molecule has 0 bridgehead atoms. The van der Waals surface area contributed by atoms with E-state index in [-0.39, 0.29) is 5.69 Å². The molecule has 0 saturated heterocycles. The van der Waals surface area contributed by atoms with Crippen LogP contribution < -0.4 is 4.90 Å². The van der Waals surface area contributed by atoms with Gasteiger partial charge in [-0.2, -0.15) is 0 Å². The molecule has 2 heterocycles. The third-order valence-corrected chi connectivity index (χ3v) is 3.30. The molecule has 0 atom stereocenters. The zero-order valence-electron chi connectivity index (χ0n) is 11.5. The number of para-hydroxylation sites is 1. The molecule has 5 nitrogen and oxygen atoms in total. The number of carboxylic acids is 1. The molecule has 3 rings (SSSR count). The van der Waals surface area contributed by atoms with Gasteiger partial charge in [-0.05, 0) is 24.3 Å². The number of benzene rings is 1. The Hall–Kier alpha value is -2.82. The minimum atomic E-state index is -1.03. The first-order chi connectivity index (χ1) is 10.1. The van der Waals surface area contributed by atoms with Crippen molar-refractivity contribution in [1.29, 1.82) is 0 Å². The fourth-order valence-corrected chi connectivity index (χ4v) is 2.30. The molecule has 3 aromatic rings. The molecule has 0 aliphatic heterocycles. The summed E-state index contributed by atoms with van der Waals surface area (Å²) in [5.74, 6) is -0.219. The van der Waals surface area contributed by atoms with Gasteiger partial charge >= 0.3 is 5.97 Å². The van der Waals surface area contributed by atoms with Crippen LogP contribution >= 0.6 is 0 Å². The first kappa shape index (κ1) is 13.2. The van der Waals surface area contributed by atoms with Crippen LogP contribution in [0.1, 0.15) is 16.2 Å². The van der Waals surface area contributed by atoms with Crippen molar-refractivity contribution in [3.8, 4) is 0 Å². The minimum absolute atomic E-state index is 0.0370. The quantitative estimate of drug-likeness (QED) is 0.796. The molecular weight excluding hydrogens is 268 g/mol. The number of aromatic nitrogens is 1. The molecule has 106 valence electrons. The molecule has 5 heteroatoms. The van der Waals surface area contributed by atoms with Crippen LogP contribution in [0.3, 0.4) is 0 Å². The number of carboxylic acid groups (broad SMARTS) is 1. The zero-order chi connectivity index (χ0) is 14.8. The Morgan fingerprint density at radius 2 is 2.10 bits per heavy atom. The number of pyridine rings is 1. The van der Waals surface area contributed by atoms with E-state index in [1.54, 1.807) is 12.3 Å². The lowest BCUT2D eigenvalue weighted by Gasteiger charge is -2.20. The molecule has 0 spiro atoms. The van der Waals surface area contributed by atoms with Gasteiger partial charge in [-0.25, -0.2) is 9.78 Å². The number of anilines is 1. The summed E-state index contributed by atoms with van der Waals surface area (Å²) in [5, 5.41) is 10.1. The number of aromatic carboxylic acids is 1. The van der Waals surface area contributed by atoms with Crippen molar-refractivity contribution in [2.24, 2.45) is 0 Å². The van der Waals surface area contributed by atoms with Crippen molar-refractivity contribution in [1.82, 2.24) is 4.98 Å². The number of nitrogens with zero attached hydrogens (tertiary/aromatic N) is 2. The lowest BCUT2D eigenvalue weighted by molar-refractivity contribution is 0.0691. The normalized spacial score (nSPS) is 10.7. The number of hydrogen-bond donors (Lipinski definition) is 1. The predicted molar refractivity (Wildman–Crippen MR) is 79.5 cm³/mol. The Bertz CT molecular complexity index is 781. The van der Waals surface area contributed by atoms with Crippen molar-refractivity contribution in [2.75, 3.05) is 11.9 Å². The van der Waals surface area contributed by atoms with E-state index in [0.717, 1.165) is 16.8 Å². The number of fused-ring (bicyclic) bond motifs is 1. The molecule has 0 aliphatic carbocycles. The van der Waals surface area contributed by atoms with Gasteiger partial charge in [0.2, 0.25) is 0 Å². The van der Waals surface area contributed by atoms with E-state index in [9.17, 15) is 9.90 Å². The van der Waals surface area contributed by atoms with Crippen LogP contribution in [0, 0.1) is 0 Å². The smallest absolute Gasteiger partial charge is 0.354 e. The van der Waals surface area contributed by atoms with Crippen LogP contribution in [-0.2, 0) is 6.54 Å². The maximum atomic E-state index is 11.2. The maximum absolute atomic E-state index is 11.2. The molecule has 0 amide bonds. The van der Waals surface area contributed by atoms with E-state index < -0.39 is 5.97 Å². The predicted octanol–water partition coefficient (Wildman–Crippen LogP) is 3.16. The van der Waals surface area contributed by atoms with Gasteiger partial charge in [0.15, 0.2) is 5.69 Å². The van der Waals surface area contributed by atoms with Crippen LogP contribution in [0.25, 0.3) is 10.9 Å². The van der Waals surface area contributed by atoms with Crippen LogP contribution in [0.15, 0.2) is 53.1 Å². The van der Waals surface area contributed by atoms with Crippen molar-refractivity contribution in [2.45, 2.75) is 6.54 Å². The molecule has 1 aromatic carbocycles. The summed E-state index contributed by atoms with van der Waals surface area (Å²) in [7, 11) is 1.90. The summed E-state index contributed by atoms with van der Waals surface area (Å²) >= 11 is 0. The Labute approximate surface area is 121 Å². The van der Waals surface area contributed by atoms with Crippen LogP contribution in [0.4, 0.5) is 5.69 Å². The van der Waals surface area contributed by atoms with Crippen LogP contribution in [-0.4, -0.2) is 23.1 Å². The standard InChI is InChI=1S/C16H14N2O3/c1-18(10-11-5-4-8-21-11)15-9-14(16(19)20)17-13-7-3-2-6-12(13)15/h2-9H,10H2,1H3,(H,19,20). The lowest BCUT2D eigenvalue weighted by atomic mass is 10.1. The van der Waals surface area contributed by atoms with Crippen molar-refractivity contribution in [3.05, 3.63) is 60.2 Å². The Balaban J connectivity index is 2.08. The molecule has 0 aliphatic rings. The van der Waals surface area contributed by atoms with Crippen LogP contribution in [0.5, 0.6) is 0 Å². The highest BCUT2D eigenvalue weighted by Gasteiger charge is 2.14. The Kier molecular flexibility index (Phi) is 3.31. The molecule has 1 N–H and O–H groups in total. The summed E-state index contributed by atoms with van der Waals surface area (Å²) in [6.45, 7) is 0.556. The van der Waals surface area contributed by atoms with E-state index in [4.69, 9.17) is 4.42 Å². The third-order valence-electron chi connectivity index (χ3n) is 3.30. The topological polar surface area (TPSA) is 66.6 Å². The van der Waals surface area contributed by atoms with E-state index in [0.29, 0.717) is 12.1 Å². The second kappa shape index (κ2) is 5.28. The van der Waals surface area contributed by atoms with Gasteiger partial charge in [0, 0.05) is 18.1 Å². The zero-order valence-corrected chi connectivity index (χ0v) is 11.5. The molecule has 0 saturated carbocycles. The highest BCUT2D eigenvalue weighted by molar-refractivity contribution is 5.97. The van der Waals surface area contributed by atoms with Gasteiger partial charge in [0.1, 0.15) is 5.76 Å². The average Bonchev–Trinajstić information content (AvgIpc) is 2.98. The highest BCUT2D eigenvalue weighted by Crippen LogP contribution is 2.27. The highest BCUT2D eigenvalue weighted by atomic mass is 16.4. The number of hydrogen-bond acceptors (Lipinski definition) is 4. The van der Waals surface area contributed by atoms with E-state index in [2.05, 4.69) is 4.98 Å². The molecule has 0 fully saturated rings. The van der Waals surface area contributed by atoms with Gasteiger partial charge in [-0.3, -0.25) is 0 Å². The van der Waals surface area contributed by atoms with Crippen molar-refractivity contribution in [3.63, 3.8) is 0 Å². The second-order valence-corrected chi connectivity index (χ2v) is 4.78. The fraction of sp³-hybridized carbons (Fsp3) is 0.125. The summed E-state index contributed by atoms with van der Waals surface area (Å²) in [6, 6.07) is 12.8.